The number of carbonyl (C=O) groups excluding carboxylic acids is 3. The Kier molecular flexibility index (Phi) is 7.34. The summed E-state index contributed by atoms with van der Waals surface area (Å²) in [6.45, 7) is 3.55. The minimum Gasteiger partial charge on any atom is -0.457 e. The normalized spacial score (nSPS) is 21.4. The van der Waals surface area contributed by atoms with Crippen LogP contribution in [0.2, 0.25) is 5.02 Å². The maximum atomic E-state index is 12.7. The molecule has 2 saturated heterocycles. The van der Waals surface area contributed by atoms with Crippen molar-refractivity contribution in [1.82, 2.24) is 15.2 Å². The van der Waals surface area contributed by atoms with Gasteiger partial charge in [-0.05, 0) is 57.0 Å². The Bertz CT molecular complexity index is 1050. The van der Waals surface area contributed by atoms with Crippen LogP contribution in [0.5, 0.6) is 0 Å². The minimum absolute atomic E-state index is 0.0857. The predicted octanol–water partition coefficient (Wildman–Crippen LogP) is 4.20. The fourth-order valence-corrected chi connectivity index (χ4v) is 6.26. The SMILES string of the molecule is Cc1cc(C(=O)COC(=O)CCCC[C@@H]2SC[C@H]3NC(=O)N[C@@H]23)c(C)n1-c1ccc(Cl)cc1. The van der Waals surface area contributed by atoms with Gasteiger partial charge in [-0.3, -0.25) is 9.59 Å². The van der Waals surface area contributed by atoms with Crippen LogP contribution in [0.1, 0.15) is 47.4 Å². The first-order valence-electron chi connectivity index (χ1n) is 11.2. The molecule has 0 saturated carbocycles. The van der Waals surface area contributed by atoms with Crippen LogP contribution in [0.3, 0.4) is 0 Å². The van der Waals surface area contributed by atoms with Crippen LogP contribution in [-0.2, 0) is 9.53 Å². The smallest absolute Gasteiger partial charge is 0.315 e. The van der Waals surface area contributed by atoms with Gasteiger partial charge in [0, 0.05) is 45.1 Å². The summed E-state index contributed by atoms with van der Waals surface area (Å²) in [6, 6.07) is 9.55. The molecule has 7 nitrogen and oxygen atoms in total. The molecule has 2 aromatic rings. The van der Waals surface area contributed by atoms with Gasteiger partial charge in [-0.1, -0.05) is 18.0 Å². The van der Waals surface area contributed by atoms with Crippen LogP contribution in [-0.4, -0.2) is 52.0 Å². The second-order valence-corrected chi connectivity index (χ2v) is 10.3. The highest BCUT2D eigenvalue weighted by Crippen LogP contribution is 2.33. The summed E-state index contributed by atoms with van der Waals surface area (Å²) >= 11 is 7.84. The fraction of sp³-hybridized carbons (Fsp3) is 0.458. The average Bonchev–Trinajstić information content (AvgIpc) is 3.42. The van der Waals surface area contributed by atoms with Crippen molar-refractivity contribution in [2.24, 2.45) is 0 Å². The number of halogens is 1. The number of benzene rings is 1. The van der Waals surface area contributed by atoms with Gasteiger partial charge in [-0.25, -0.2) is 4.79 Å². The van der Waals surface area contributed by atoms with Crippen molar-refractivity contribution in [3.8, 4) is 5.69 Å². The van der Waals surface area contributed by atoms with Crippen LogP contribution in [0, 0.1) is 13.8 Å². The molecular weight excluding hydrogens is 462 g/mol. The lowest BCUT2D eigenvalue weighted by molar-refractivity contribution is -0.142. The van der Waals surface area contributed by atoms with Crippen LogP contribution in [0.25, 0.3) is 5.69 Å². The fourth-order valence-electron chi connectivity index (χ4n) is 4.59. The van der Waals surface area contributed by atoms with E-state index >= 15 is 0 Å². The van der Waals surface area contributed by atoms with Crippen LogP contribution in [0.15, 0.2) is 30.3 Å². The number of unbranched alkanes of at least 4 members (excludes halogenated alkanes) is 1. The summed E-state index contributed by atoms with van der Waals surface area (Å²) in [4.78, 5) is 36.3. The van der Waals surface area contributed by atoms with Crippen LogP contribution >= 0.6 is 23.4 Å². The Morgan fingerprint density at radius 2 is 1.94 bits per heavy atom. The van der Waals surface area contributed by atoms with Gasteiger partial charge in [0.25, 0.3) is 0 Å². The summed E-state index contributed by atoms with van der Waals surface area (Å²) in [5, 5.41) is 6.94. The number of hydrogen-bond donors (Lipinski definition) is 2. The van der Waals surface area contributed by atoms with Crippen LogP contribution < -0.4 is 10.6 Å². The molecule has 0 radical (unpaired) electrons. The van der Waals surface area contributed by atoms with Crippen LogP contribution in [0.4, 0.5) is 4.79 Å². The van der Waals surface area contributed by atoms with Crippen molar-refractivity contribution in [2.75, 3.05) is 12.4 Å². The minimum atomic E-state index is -0.359. The Hall–Kier alpha value is -2.45. The summed E-state index contributed by atoms with van der Waals surface area (Å²) in [5.41, 5.74) is 3.20. The first-order valence-corrected chi connectivity index (χ1v) is 12.6. The predicted molar refractivity (Wildman–Crippen MR) is 129 cm³/mol. The Morgan fingerprint density at radius 3 is 2.70 bits per heavy atom. The summed E-state index contributed by atoms with van der Waals surface area (Å²) in [5.74, 6) is 0.355. The van der Waals surface area contributed by atoms with Gasteiger partial charge in [0.05, 0.1) is 12.1 Å². The third-order valence-electron chi connectivity index (χ3n) is 6.24. The lowest BCUT2D eigenvalue weighted by Gasteiger charge is -2.16. The van der Waals surface area contributed by atoms with Crippen molar-refractivity contribution in [1.29, 1.82) is 0 Å². The number of nitrogens with zero attached hydrogens (tertiary/aromatic N) is 1. The van der Waals surface area contributed by atoms with E-state index in [0.717, 1.165) is 35.7 Å². The number of aryl methyl sites for hydroxylation is 1. The number of carbonyl (C=O) groups is 3. The van der Waals surface area contributed by atoms with Crippen molar-refractivity contribution in [3.05, 3.63) is 52.3 Å². The number of esters is 1. The van der Waals surface area contributed by atoms with E-state index in [4.69, 9.17) is 16.3 Å². The van der Waals surface area contributed by atoms with Gasteiger partial charge in [0.15, 0.2) is 6.61 Å². The van der Waals surface area contributed by atoms with E-state index in [1.165, 1.54) is 0 Å². The van der Waals surface area contributed by atoms with Gasteiger partial charge < -0.3 is 19.9 Å². The standard InChI is InChI=1S/C24H28ClN3O4S/c1-14-11-18(15(2)28(14)17-9-7-16(25)8-10-17)20(29)12-32-22(30)6-4-3-5-21-23-19(13-33-21)26-24(31)27-23/h7-11,19,21,23H,3-6,12-13H2,1-2H3,(H2,26,27,31)/t19-,21+,23-/m1/s1. The zero-order chi connectivity index (χ0) is 23.5. The number of ether oxygens (including phenoxy) is 1. The number of urea groups is 1. The van der Waals surface area contributed by atoms with E-state index in [1.807, 2.05) is 60.5 Å². The van der Waals surface area contributed by atoms with Gasteiger partial charge >= 0.3 is 12.0 Å². The van der Waals surface area contributed by atoms with E-state index in [0.29, 0.717) is 22.3 Å². The molecule has 0 aliphatic carbocycles. The van der Waals surface area contributed by atoms with Gasteiger partial charge in [-0.15, -0.1) is 0 Å². The third-order valence-corrected chi connectivity index (χ3v) is 8.00. The number of amides is 2. The number of fused-ring (bicyclic) bond motifs is 1. The number of aromatic nitrogens is 1. The third kappa shape index (κ3) is 5.38. The molecule has 2 amide bonds. The topological polar surface area (TPSA) is 89.4 Å². The molecule has 4 rings (SSSR count). The number of ketones is 1. The highest BCUT2D eigenvalue weighted by molar-refractivity contribution is 8.00. The average molecular weight is 490 g/mol. The van der Waals surface area contributed by atoms with E-state index in [2.05, 4.69) is 10.6 Å². The summed E-state index contributed by atoms with van der Waals surface area (Å²) in [7, 11) is 0. The zero-order valence-corrected chi connectivity index (χ0v) is 20.3. The molecule has 176 valence electrons. The molecule has 2 fully saturated rings. The molecule has 2 N–H and O–H groups in total. The largest absolute Gasteiger partial charge is 0.457 e. The van der Waals surface area contributed by atoms with Gasteiger partial charge in [-0.2, -0.15) is 11.8 Å². The van der Waals surface area contributed by atoms with E-state index < -0.39 is 0 Å². The second kappa shape index (κ2) is 10.2. The first kappa shape index (κ1) is 23.7. The zero-order valence-electron chi connectivity index (χ0n) is 18.7. The van der Waals surface area contributed by atoms with Crippen molar-refractivity contribution in [3.63, 3.8) is 0 Å². The second-order valence-electron chi connectivity index (χ2n) is 8.55. The Labute approximate surface area is 202 Å². The number of nitrogens with one attached hydrogen (secondary N) is 2. The molecule has 2 aliphatic heterocycles. The van der Waals surface area contributed by atoms with E-state index in [1.54, 1.807) is 0 Å². The van der Waals surface area contributed by atoms with E-state index in [-0.39, 0.29) is 42.9 Å². The number of rotatable bonds is 9. The molecule has 1 aromatic heterocycles. The summed E-state index contributed by atoms with van der Waals surface area (Å²) < 4.78 is 7.24. The molecule has 3 atom stereocenters. The molecule has 2 aliphatic rings. The molecule has 33 heavy (non-hydrogen) atoms. The molecule has 0 bridgehead atoms. The van der Waals surface area contributed by atoms with Crippen molar-refractivity contribution < 1.29 is 19.1 Å². The highest BCUT2D eigenvalue weighted by Gasteiger charge is 2.42. The maximum absolute atomic E-state index is 12.7. The number of hydrogen-bond acceptors (Lipinski definition) is 5. The monoisotopic (exact) mass is 489 g/mol. The van der Waals surface area contributed by atoms with Crippen molar-refractivity contribution in [2.45, 2.75) is 56.9 Å². The molecule has 1 aromatic carbocycles. The molecular formula is C24H28ClN3O4S. The lowest BCUT2D eigenvalue weighted by atomic mass is 10.0. The van der Waals surface area contributed by atoms with E-state index in [9.17, 15) is 14.4 Å². The Morgan fingerprint density at radius 1 is 1.18 bits per heavy atom. The number of Topliss-reactive ketones (excluding diaryl/α,β-unsaturated/α-hetero) is 1. The van der Waals surface area contributed by atoms with Gasteiger partial charge in [0.1, 0.15) is 0 Å². The Balaban J connectivity index is 1.22. The quantitative estimate of drug-likeness (QED) is 0.238. The van der Waals surface area contributed by atoms with Gasteiger partial charge in [0.2, 0.25) is 5.78 Å². The number of thioether (sulfide) groups is 1. The summed E-state index contributed by atoms with van der Waals surface area (Å²) in [6.07, 6.45) is 2.81. The highest BCUT2D eigenvalue weighted by atomic mass is 35.5. The molecule has 0 spiro atoms. The van der Waals surface area contributed by atoms with Crippen molar-refractivity contribution >= 4 is 41.1 Å². The lowest BCUT2D eigenvalue weighted by Crippen LogP contribution is -2.36. The maximum Gasteiger partial charge on any atom is 0.315 e. The molecule has 0 unspecified atom stereocenters. The molecule has 9 heteroatoms. The first-order chi connectivity index (χ1) is 15.8. The molecule has 3 heterocycles.